The van der Waals surface area contributed by atoms with E-state index in [9.17, 15) is 9.59 Å². The maximum absolute atomic E-state index is 12.2. The van der Waals surface area contributed by atoms with Crippen molar-refractivity contribution in [2.24, 2.45) is 0 Å². The fourth-order valence-corrected chi connectivity index (χ4v) is 2.86. The third-order valence-electron chi connectivity index (χ3n) is 4.18. The van der Waals surface area contributed by atoms with E-state index in [-0.39, 0.29) is 17.9 Å². The molecule has 0 spiro atoms. The Morgan fingerprint density at radius 2 is 1.87 bits per heavy atom. The second-order valence-corrected chi connectivity index (χ2v) is 6.02. The molecular formula is C18H24N2O3. The molecule has 0 unspecified atom stereocenters. The molecule has 0 heterocycles. The molecule has 23 heavy (non-hydrogen) atoms. The second-order valence-electron chi connectivity index (χ2n) is 6.02. The lowest BCUT2D eigenvalue weighted by atomic mass is 10.1. The van der Waals surface area contributed by atoms with Crippen molar-refractivity contribution in [2.75, 3.05) is 0 Å². The number of carbonyl (C=O) groups is 2. The van der Waals surface area contributed by atoms with Crippen LogP contribution in [-0.4, -0.2) is 23.1 Å². The van der Waals surface area contributed by atoms with Crippen LogP contribution in [-0.2, 0) is 22.4 Å². The van der Waals surface area contributed by atoms with E-state index in [4.69, 9.17) is 5.21 Å². The standard InChI is InChI=1S/C18H24N2O3/c1-13(7-3-2-4-10-17(21)20-23)18(22)19-16-11-14-8-5-6-9-15(14)12-16/h5-9,16,23H,2-4,10-12H2,1H3,(H,19,22)(H,20,21)/b13-7+. The highest BCUT2D eigenvalue weighted by atomic mass is 16.5. The van der Waals surface area contributed by atoms with E-state index in [0.29, 0.717) is 18.4 Å². The number of rotatable bonds is 7. The predicted octanol–water partition coefficient (Wildman–Crippen LogP) is 2.28. The SMILES string of the molecule is C/C(=C\CCCCC(=O)NO)C(=O)NC1Cc2ccccc2C1. The van der Waals surface area contributed by atoms with Crippen molar-refractivity contribution < 1.29 is 14.8 Å². The highest BCUT2D eigenvalue weighted by Crippen LogP contribution is 2.21. The summed E-state index contributed by atoms with van der Waals surface area (Å²) < 4.78 is 0. The Balaban J connectivity index is 1.71. The average molecular weight is 316 g/mol. The van der Waals surface area contributed by atoms with E-state index < -0.39 is 0 Å². The van der Waals surface area contributed by atoms with Crippen LogP contribution in [0.4, 0.5) is 0 Å². The van der Waals surface area contributed by atoms with Crippen LogP contribution in [0, 0.1) is 0 Å². The Morgan fingerprint density at radius 1 is 1.22 bits per heavy atom. The minimum Gasteiger partial charge on any atom is -0.349 e. The lowest BCUT2D eigenvalue weighted by molar-refractivity contribution is -0.129. The smallest absolute Gasteiger partial charge is 0.246 e. The van der Waals surface area contributed by atoms with Crippen molar-refractivity contribution in [1.82, 2.24) is 10.8 Å². The Bertz CT molecular complexity index is 571. The van der Waals surface area contributed by atoms with Gasteiger partial charge >= 0.3 is 0 Å². The molecule has 3 N–H and O–H groups in total. The molecule has 1 aliphatic carbocycles. The highest BCUT2D eigenvalue weighted by Gasteiger charge is 2.22. The lowest BCUT2D eigenvalue weighted by Gasteiger charge is -2.12. The van der Waals surface area contributed by atoms with Gasteiger partial charge in [-0.15, -0.1) is 0 Å². The first-order chi connectivity index (χ1) is 11.1. The van der Waals surface area contributed by atoms with Crippen LogP contribution in [0.2, 0.25) is 0 Å². The van der Waals surface area contributed by atoms with Crippen LogP contribution < -0.4 is 10.8 Å². The number of unbranched alkanes of at least 4 members (excludes halogenated alkanes) is 2. The van der Waals surface area contributed by atoms with Crippen LogP contribution in [0.1, 0.15) is 43.7 Å². The molecule has 5 heteroatoms. The van der Waals surface area contributed by atoms with E-state index in [1.807, 2.05) is 25.1 Å². The zero-order valence-electron chi connectivity index (χ0n) is 13.5. The Hall–Kier alpha value is -2.14. The molecule has 0 saturated heterocycles. The van der Waals surface area contributed by atoms with Gasteiger partial charge in [0.15, 0.2) is 0 Å². The van der Waals surface area contributed by atoms with Crippen molar-refractivity contribution in [3.63, 3.8) is 0 Å². The number of allylic oxidation sites excluding steroid dienone is 1. The first-order valence-corrected chi connectivity index (χ1v) is 8.07. The molecular weight excluding hydrogens is 292 g/mol. The van der Waals surface area contributed by atoms with Gasteiger partial charge in [0, 0.05) is 18.0 Å². The molecule has 0 fully saturated rings. The predicted molar refractivity (Wildman–Crippen MR) is 87.9 cm³/mol. The Morgan fingerprint density at radius 3 is 2.48 bits per heavy atom. The lowest BCUT2D eigenvalue weighted by Crippen LogP contribution is -2.35. The molecule has 5 nitrogen and oxygen atoms in total. The number of hydrogen-bond acceptors (Lipinski definition) is 3. The van der Waals surface area contributed by atoms with Gasteiger partial charge in [0.2, 0.25) is 11.8 Å². The topological polar surface area (TPSA) is 78.4 Å². The second kappa shape index (κ2) is 8.48. The zero-order chi connectivity index (χ0) is 16.7. The van der Waals surface area contributed by atoms with Crippen LogP contribution >= 0.6 is 0 Å². The number of carbonyl (C=O) groups excluding carboxylic acids is 2. The maximum atomic E-state index is 12.2. The Labute approximate surface area is 136 Å². The van der Waals surface area contributed by atoms with Crippen LogP contribution in [0.15, 0.2) is 35.9 Å². The molecule has 2 amide bonds. The van der Waals surface area contributed by atoms with Crippen molar-refractivity contribution in [3.05, 3.63) is 47.0 Å². The van der Waals surface area contributed by atoms with Gasteiger partial charge in [-0.25, -0.2) is 5.48 Å². The van der Waals surface area contributed by atoms with Gasteiger partial charge in [0.1, 0.15) is 0 Å². The van der Waals surface area contributed by atoms with Gasteiger partial charge < -0.3 is 5.32 Å². The van der Waals surface area contributed by atoms with Crippen molar-refractivity contribution in [3.8, 4) is 0 Å². The number of hydrogen-bond donors (Lipinski definition) is 3. The summed E-state index contributed by atoms with van der Waals surface area (Å²) in [5.41, 5.74) is 4.97. The van der Waals surface area contributed by atoms with Crippen molar-refractivity contribution in [1.29, 1.82) is 0 Å². The van der Waals surface area contributed by atoms with Crippen LogP contribution in [0.25, 0.3) is 0 Å². The third-order valence-corrected chi connectivity index (χ3v) is 4.18. The zero-order valence-corrected chi connectivity index (χ0v) is 13.5. The summed E-state index contributed by atoms with van der Waals surface area (Å²) in [6, 6.07) is 8.48. The van der Waals surface area contributed by atoms with E-state index in [0.717, 1.165) is 25.7 Å². The molecule has 1 aromatic carbocycles. The fourth-order valence-electron chi connectivity index (χ4n) is 2.86. The first kappa shape index (κ1) is 17.2. The summed E-state index contributed by atoms with van der Waals surface area (Å²) in [6.45, 7) is 1.82. The van der Waals surface area contributed by atoms with Crippen LogP contribution in [0.3, 0.4) is 0 Å². The molecule has 0 radical (unpaired) electrons. The van der Waals surface area contributed by atoms with Gasteiger partial charge in [0.25, 0.3) is 0 Å². The minimum absolute atomic E-state index is 0.0177. The molecule has 1 aromatic rings. The van der Waals surface area contributed by atoms with Gasteiger partial charge in [0.05, 0.1) is 0 Å². The monoisotopic (exact) mass is 316 g/mol. The molecule has 124 valence electrons. The normalized spacial score (nSPS) is 14.4. The van der Waals surface area contributed by atoms with Gasteiger partial charge in [-0.2, -0.15) is 0 Å². The molecule has 2 rings (SSSR count). The maximum Gasteiger partial charge on any atom is 0.246 e. The van der Waals surface area contributed by atoms with E-state index in [1.165, 1.54) is 11.1 Å². The molecule has 1 aliphatic rings. The number of hydroxylamine groups is 1. The fraction of sp³-hybridized carbons (Fsp3) is 0.444. The van der Waals surface area contributed by atoms with E-state index in [2.05, 4.69) is 17.4 Å². The van der Waals surface area contributed by atoms with E-state index >= 15 is 0 Å². The quantitative estimate of drug-likeness (QED) is 0.312. The largest absolute Gasteiger partial charge is 0.349 e. The summed E-state index contributed by atoms with van der Waals surface area (Å²) in [7, 11) is 0. The summed E-state index contributed by atoms with van der Waals surface area (Å²) in [4.78, 5) is 23.1. The minimum atomic E-state index is -0.371. The molecule has 0 bridgehead atoms. The average Bonchev–Trinajstić information content (AvgIpc) is 2.96. The Kier molecular flexibility index (Phi) is 6.35. The summed E-state index contributed by atoms with van der Waals surface area (Å²) in [5, 5.41) is 11.5. The van der Waals surface area contributed by atoms with Gasteiger partial charge in [-0.3, -0.25) is 14.8 Å². The van der Waals surface area contributed by atoms with E-state index in [1.54, 1.807) is 5.48 Å². The number of amides is 2. The molecule has 0 aliphatic heterocycles. The summed E-state index contributed by atoms with van der Waals surface area (Å²) in [5.74, 6) is -0.389. The van der Waals surface area contributed by atoms with Gasteiger partial charge in [-0.05, 0) is 50.2 Å². The number of fused-ring (bicyclic) bond motifs is 1. The number of nitrogens with one attached hydrogen (secondary N) is 2. The summed E-state index contributed by atoms with van der Waals surface area (Å²) in [6.07, 6.45) is 6.26. The first-order valence-electron chi connectivity index (χ1n) is 8.07. The van der Waals surface area contributed by atoms with Gasteiger partial charge in [-0.1, -0.05) is 30.3 Å². The highest BCUT2D eigenvalue weighted by molar-refractivity contribution is 5.93. The molecule has 0 saturated carbocycles. The summed E-state index contributed by atoms with van der Waals surface area (Å²) >= 11 is 0. The van der Waals surface area contributed by atoms with Crippen LogP contribution in [0.5, 0.6) is 0 Å². The molecule has 0 atom stereocenters. The van der Waals surface area contributed by atoms with Crippen molar-refractivity contribution >= 4 is 11.8 Å². The third kappa shape index (κ3) is 5.21. The number of benzene rings is 1. The molecule has 0 aromatic heterocycles. The van der Waals surface area contributed by atoms with Crippen molar-refractivity contribution in [2.45, 2.75) is 51.5 Å².